The van der Waals surface area contributed by atoms with Crippen molar-refractivity contribution in [2.24, 2.45) is 33.8 Å². The molecule has 198 valence electrons. The molecule has 0 saturated heterocycles. The number of carbonyl (C=O) groups is 6. The van der Waals surface area contributed by atoms with Crippen LogP contribution in [-0.4, -0.2) is 82.5 Å². The van der Waals surface area contributed by atoms with Crippen LogP contribution in [0, 0.1) is 5.92 Å². The second-order valence-corrected chi connectivity index (χ2v) is 8.01. The zero-order chi connectivity index (χ0) is 27.3. The topological polar surface area (TPSA) is 295 Å². The molecule has 4 atom stereocenters. The highest BCUT2D eigenvalue weighted by Crippen LogP contribution is 2.07. The first-order valence-electron chi connectivity index (χ1n) is 10.6. The lowest BCUT2D eigenvalue weighted by atomic mass is 10.0. The summed E-state index contributed by atoms with van der Waals surface area (Å²) in [6.07, 6.45) is -1.12. The predicted octanol–water partition coefficient (Wildman–Crippen LogP) is -4.09. The first kappa shape index (κ1) is 31.0. The van der Waals surface area contributed by atoms with Crippen molar-refractivity contribution in [3.05, 3.63) is 0 Å². The van der Waals surface area contributed by atoms with Crippen molar-refractivity contribution in [3.8, 4) is 0 Å². The van der Waals surface area contributed by atoms with Crippen molar-refractivity contribution in [1.29, 1.82) is 0 Å². The summed E-state index contributed by atoms with van der Waals surface area (Å²) in [6.45, 7) is 3.26. The van der Waals surface area contributed by atoms with Gasteiger partial charge in [-0.3, -0.25) is 29.0 Å². The van der Waals surface area contributed by atoms with Crippen molar-refractivity contribution in [3.63, 3.8) is 0 Å². The van der Waals surface area contributed by atoms with E-state index in [2.05, 4.69) is 20.9 Å². The van der Waals surface area contributed by atoms with Crippen LogP contribution in [0.15, 0.2) is 4.99 Å². The monoisotopic (exact) mass is 502 g/mol. The number of primary amides is 1. The molecular weight excluding hydrogens is 468 g/mol. The molecule has 4 unspecified atom stereocenters. The average Bonchev–Trinajstić information content (AvgIpc) is 2.71. The molecule has 0 fully saturated rings. The Kier molecular flexibility index (Phi) is 13.4. The zero-order valence-corrected chi connectivity index (χ0v) is 19.5. The molecule has 0 aromatic carbocycles. The Labute approximate surface area is 201 Å². The second kappa shape index (κ2) is 15.0. The molecule has 0 spiro atoms. The molecule has 16 heteroatoms. The van der Waals surface area contributed by atoms with E-state index in [4.69, 9.17) is 28.0 Å². The number of nitrogens with two attached hydrogens (primary N) is 4. The largest absolute Gasteiger partial charge is 0.481 e. The molecule has 0 aliphatic carbocycles. The quantitative estimate of drug-likeness (QED) is 0.0555. The minimum Gasteiger partial charge on any atom is -0.481 e. The number of carboxylic acid groups (broad SMARTS) is 2. The highest BCUT2D eigenvalue weighted by Gasteiger charge is 2.32. The van der Waals surface area contributed by atoms with E-state index >= 15 is 0 Å². The Balaban J connectivity index is 5.56. The van der Waals surface area contributed by atoms with Gasteiger partial charge in [-0.15, -0.1) is 0 Å². The Hall–Kier alpha value is -3.95. The number of hydrogen-bond donors (Lipinski definition) is 9. The zero-order valence-electron chi connectivity index (χ0n) is 19.5. The van der Waals surface area contributed by atoms with Gasteiger partial charge in [-0.25, -0.2) is 4.79 Å². The lowest BCUT2D eigenvalue weighted by Gasteiger charge is -2.27. The maximum Gasteiger partial charge on any atom is 0.326 e. The van der Waals surface area contributed by atoms with Gasteiger partial charge in [0.15, 0.2) is 5.96 Å². The normalized spacial score (nSPS) is 14.1. The summed E-state index contributed by atoms with van der Waals surface area (Å²) < 4.78 is 0. The Morgan fingerprint density at radius 1 is 0.829 bits per heavy atom. The van der Waals surface area contributed by atoms with Crippen molar-refractivity contribution in [1.82, 2.24) is 16.0 Å². The fourth-order valence-electron chi connectivity index (χ4n) is 2.78. The fraction of sp³-hybridized carbons (Fsp3) is 0.632. The molecular formula is C19H34N8O8. The maximum atomic E-state index is 12.9. The SMILES string of the molecule is CC(C)C(NC(=O)C(CCCN=C(N)N)NC(=O)C(N)CC(=O)O)C(=O)NC(CC(N)=O)C(=O)O. The first-order valence-corrected chi connectivity index (χ1v) is 10.6. The van der Waals surface area contributed by atoms with E-state index in [1.165, 1.54) is 0 Å². The summed E-state index contributed by atoms with van der Waals surface area (Å²) in [6, 6.07) is -5.54. The molecule has 13 N–H and O–H groups in total. The molecule has 0 radical (unpaired) electrons. The number of nitrogens with one attached hydrogen (secondary N) is 3. The molecule has 0 rings (SSSR count). The summed E-state index contributed by atoms with van der Waals surface area (Å²) in [5, 5.41) is 24.9. The third-order valence-electron chi connectivity index (χ3n) is 4.58. The van der Waals surface area contributed by atoms with E-state index in [1.807, 2.05) is 0 Å². The molecule has 0 aromatic rings. The number of rotatable bonds is 16. The number of aliphatic carboxylic acids is 2. The van der Waals surface area contributed by atoms with E-state index in [9.17, 15) is 33.9 Å². The van der Waals surface area contributed by atoms with Gasteiger partial charge < -0.3 is 49.1 Å². The van der Waals surface area contributed by atoms with Crippen molar-refractivity contribution >= 4 is 41.5 Å². The summed E-state index contributed by atoms with van der Waals surface area (Å²) in [4.78, 5) is 74.8. The van der Waals surface area contributed by atoms with Crippen LogP contribution in [0.1, 0.15) is 39.5 Å². The van der Waals surface area contributed by atoms with Crippen molar-refractivity contribution in [2.75, 3.05) is 6.54 Å². The molecule has 0 heterocycles. The van der Waals surface area contributed by atoms with Crippen LogP contribution in [0.5, 0.6) is 0 Å². The van der Waals surface area contributed by atoms with Gasteiger partial charge in [-0.2, -0.15) is 0 Å². The van der Waals surface area contributed by atoms with Crippen LogP contribution in [0.4, 0.5) is 0 Å². The lowest BCUT2D eigenvalue weighted by Crippen LogP contribution is -2.58. The Bertz CT molecular complexity index is 828. The van der Waals surface area contributed by atoms with Crippen LogP contribution >= 0.6 is 0 Å². The van der Waals surface area contributed by atoms with Crippen LogP contribution in [0.3, 0.4) is 0 Å². The van der Waals surface area contributed by atoms with Crippen LogP contribution in [0.25, 0.3) is 0 Å². The molecule has 0 bridgehead atoms. The van der Waals surface area contributed by atoms with Gasteiger partial charge in [0.1, 0.15) is 18.1 Å². The lowest BCUT2D eigenvalue weighted by molar-refractivity contribution is -0.144. The predicted molar refractivity (Wildman–Crippen MR) is 122 cm³/mol. The molecule has 0 aliphatic rings. The number of amides is 4. The van der Waals surface area contributed by atoms with Crippen molar-refractivity contribution < 1.29 is 39.0 Å². The van der Waals surface area contributed by atoms with Crippen molar-refractivity contribution in [2.45, 2.75) is 63.7 Å². The second-order valence-electron chi connectivity index (χ2n) is 8.01. The van der Waals surface area contributed by atoms with Gasteiger partial charge in [0.2, 0.25) is 23.6 Å². The van der Waals surface area contributed by atoms with Crippen LogP contribution in [-0.2, 0) is 28.8 Å². The van der Waals surface area contributed by atoms with Gasteiger partial charge in [0.25, 0.3) is 0 Å². The molecule has 0 aliphatic heterocycles. The molecule has 0 aromatic heterocycles. The van der Waals surface area contributed by atoms with Gasteiger partial charge in [-0.05, 0) is 18.8 Å². The molecule has 16 nitrogen and oxygen atoms in total. The van der Waals surface area contributed by atoms with Gasteiger partial charge in [0, 0.05) is 6.54 Å². The Morgan fingerprint density at radius 2 is 1.40 bits per heavy atom. The van der Waals surface area contributed by atoms with Crippen LogP contribution < -0.4 is 38.9 Å². The summed E-state index contributed by atoms with van der Waals surface area (Å²) >= 11 is 0. The average molecular weight is 503 g/mol. The van der Waals surface area contributed by atoms with E-state index in [1.54, 1.807) is 13.8 Å². The van der Waals surface area contributed by atoms with Gasteiger partial charge in [-0.1, -0.05) is 13.8 Å². The highest BCUT2D eigenvalue weighted by molar-refractivity contribution is 5.95. The standard InChI is InChI=1S/C19H34N8O8/c1-8(2)14(17(33)26-11(18(34)35)7-12(21)28)27-16(32)10(4-3-5-24-19(22)23)25-15(31)9(20)6-13(29)30/h8-11,14H,3-7,20H2,1-2H3,(H2,21,28)(H,25,31)(H,26,33)(H,27,32)(H,29,30)(H,34,35)(H4,22,23,24). The molecule has 0 saturated carbocycles. The third kappa shape index (κ3) is 12.8. The smallest absolute Gasteiger partial charge is 0.326 e. The van der Waals surface area contributed by atoms with Crippen LogP contribution in [0.2, 0.25) is 0 Å². The molecule has 35 heavy (non-hydrogen) atoms. The number of hydrogen-bond acceptors (Lipinski definition) is 8. The number of carbonyl (C=O) groups excluding carboxylic acids is 4. The van der Waals surface area contributed by atoms with Gasteiger partial charge >= 0.3 is 11.9 Å². The highest BCUT2D eigenvalue weighted by atomic mass is 16.4. The van der Waals surface area contributed by atoms with Gasteiger partial charge in [0.05, 0.1) is 18.9 Å². The summed E-state index contributed by atoms with van der Waals surface area (Å²) in [5.74, 6) is -7.11. The number of aliphatic imine (C=N–C) groups is 1. The Morgan fingerprint density at radius 3 is 1.86 bits per heavy atom. The number of carboxylic acids is 2. The number of guanidine groups is 1. The third-order valence-corrected chi connectivity index (χ3v) is 4.58. The van der Waals surface area contributed by atoms with E-state index in [0.29, 0.717) is 0 Å². The minimum atomic E-state index is -1.61. The first-order chi connectivity index (χ1) is 16.1. The summed E-state index contributed by atoms with van der Waals surface area (Å²) in [5.41, 5.74) is 21.1. The van der Waals surface area contributed by atoms with E-state index < -0.39 is 78.5 Å². The minimum absolute atomic E-state index is 0.00000530. The van der Waals surface area contributed by atoms with E-state index in [-0.39, 0.29) is 25.3 Å². The van der Waals surface area contributed by atoms with E-state index in [0.717, 1.165) is 0 Å². The molecule has 4 amide bonds. The summed E-state index contributed by atoms with van der Waals surface area (Å²) in [7, 11) is 0. The maximum absolute atomic E-state index is 12.9. The number of nitrogens with zero attached hydrogens (tertiary/aromatic N) is 1. The fourth-order valence-corrected chi connectivity index (χ4v) is 2.78.